The van der Waals surface area contributed by atoms with E-state index in [0.717, 1.165) is 0 Å². The Bertz CT molecular complexity index is 1360. The van der Waals surface area contributed by atoms with Gasteiger partial charge in [0.25, 0.3) is 0 Å². The van der Waals surface area contributed by atoms with Crippen molar-refractivity contribution < 1.29 is 27.5 Å². The predicted octanol–water partition coefficient (Wildman–Crippen LogP) is 8.54. The lowest BCUT2D eigenvalue weighted by molar-refractivity contribution is -0.153. The second kappa shape index (κ2) is 11.1. The molecule has 1 N–H and O–H groups in total. The number of ether oxygens (including phenoxy) is 1. The van der Waals surface area contributed by atoms with Gasteiger partial charge < -0.3 is 10.1 Å². The van der Waals surface area contributed by atoms with Crippen LogP contribution in [0.15, 0.2) is 60.7 Å². The molecule has 2 atom stereocenters. The van der Waals surface area contributed by atoms with Crippen LogP contribution >= 0.6 is 58.0 Å². The van der Waals surface area contributed by atoms with Crippen molar-refractivity contribution in [2.75, 3.05) is 11.9 Å². The van der Waals surface area contributed by atoms with Crippen LogP contribution in [-0.2, 0) is 11.2 Å². The summed E-state index contributed by atoms with van der Waals surface area (Å²) in [6, 6.07) is 14.9. The minimum atomic E-state index is -4.45. The van der Waals surface area contributed by atoms with E-state index in [1.165, 1.54) is 42.5 Å². The Morgan fingerprint density at radius 2 is 1.55 bits per heavy atom. The van der Waals surface area contributed by atoms with Crippen LogP contribution in [0, 0.1) is 5.92 Å². The van der Waals surface area contributed by atoms with Gasteiger partial charge in [-0.3, -0.25) is 9.59 Å². The van der Waals surface area contributed by atoms with Crippen LogP contribution in [0.4, 0.5) is 18.9 Å². The van der Waals surface area contributed by atoms with Crippen LogP contribution < -0.4 is 10.1 Å². The van der Waals surface area contributed by atoms with Crippen molar-refractivity contribution in [1.29, 1.82) is 0 Å². The summed E-state index contributed by atoms with van der Waals surface area (Å²) in [6.07, 6.45) is -4.53. The molecule has 200 valence electrons. The summed E-state index contributed by atoms with van der Waals surface area (Å²) in [6.45, 7) is -1.41. The highest BCUT2D eigenvalue weighted by atomic mass is 35.5. The highest BCUT2D eigenvalue weighted by molar-refractivity contribution is 6.53. The smallest absolute Gasteiger partial charge is 0.422 e. The van der Waals surface area contributed by atoms with Crippen molar-refractivity contribution >= 4 is 75.4 Å². The third-order valence-corrected chi connectivity index (χ3v) is 7.51. The topological polar surface area (TPSA) is 55.4 Å². The van der Waals surface area contributed by atoms with Crippen LogP contribution in [-0.4, -0.2) is 28.8 Å². The van der Waals surface area contributed by atoms with E-state index < -0.39 is 34.9 Å². The lowest BCUT2D eigenvalue weighted by atomic mass is 10.0. The monoisotopic (exact) mass is 623 g/mol. The van der Waals surface area contributed by atoms with Crippen molar-refractivity contribution in [3.05, 3.63) is 92.4 Å². The minimum absolute atomic E-state index is 0.0225. The third kappa shape index (κ3) is 6.88. The maximum Gasteiger partial charge on any atom is 0.422 e. The Labute approximate surface area is 240 Å². The van der Waals surface area contributed by atoms with Gasteiger partial charge in [-0.05, 0) is 59.7 Å². The van der Waals surface area contributed by atoms with E-state index in [0.29, 0.717) is 26.9 Å². The molecule has 0 aromatic heterocycles. The molecule has 1 saturated carbocycles. The Morgan fingerprint density at radius 1 is 0.921 bits per heavy atom. The van der Waals surface area contributed by atoms with E-state index in [4.69, 9.17) is 58.0 Å². The van der Waals surface area contributed by atoms with Crippen LogP contribution in [0.1, 0.15) is 27.4 Å². The number of ketones is 1. The summed E-state index contributed by atoms with van der Waals surface area (Å²) in [5.41, 5.74) is 1.61. The number of rotatable bonds is 8. The fourth-order valence-electron chi connectivity index (χ4n) is 4.01. The quantitative estimate of drug-likeness (QED) is 0.202. The lowest BCUT2D eigenvalue weighted by Gasteiger charge is -2.11. The molecule has 0 saturated heterocycles. The molecule has 0 bridgehead atoms. The molecule has 3 aromatic carbocycles. The summed E-state index contributed by atoms with van der Waals surface area (Å²) in [4.78, 5) is 25.9. The molecule has 3 aromatic rings. The number of hydrogen-bond acceptors (Lipinski definition) is 3. The highest BCUT2D eigenvalue weighted by Gasteiger charge is 2.67. The molecule has 0 radical (unpaired) electrons. The number of carbonyl (C=O) groups is 2. The molecular formula is C26H17Cl5F3NO3. The zero-order chi connectivity index (χ0) is 27.8. The number of nitrogens with one attached hydrogen (secondary N) is 1. The number of halogens is 8. The average Bonchev–Trinajstić information content (AvgIpc) is 3.40. The second-order valence-corrected chi connectivity index (χ2v) is 11.4. The molecule has 12 heteroatoms. The van der Waals surface area contributed by atoms with Crippen LogP contribution in [0.3, 0.4) is 0 Å². The fraction of sp³-hybridized carbons (Fsp3) is 0.231. The number of Topliss-reactive ketones (excluding diaryl/α,β-unsaturated/α-hetero) is 1. The van der Waals surface area contributed by atoms with E-state index in [2.05, 4.69) is 10.1 Å². The molecule has 38 heavy (non-hydrogen) atoms. The van der Waals surface area contributed by atoms with Gasteiger partial charge in [-0.1, -0.05) is 46.9 Å². The number of benzene rings is 3. The molecule has 2 unspecified atom stereocenters. The van der Waals surface area contributed by atoms with Gasteiger partial charge in [-0.15, -0.1) is 23.2 Å². The first-order valence-corrected chi connectivity index (χ1v) is 12.9. The minimum Gasteiger partial charge on any atom is -0.484 e. The summed E-state index contributed by atoms with van der Waals surface area (Å²) in [5.74, 6) is -2.15. The van der Waals surface area contributed by atoms with E-state index in [9.17, 15) is 22.8 Å². The SMILES string of the molecule is O=C(Cc1ccc(OCC(F)(F)F)cc1)c1cc(NC(=O)C2C(c3cc(Cl)cc(Cl)c3)C2(Cl)Cl)ccc1Cl. The maximum absolute atomic E-state index is 13.0. The van der Waals surface area contributed by atoms with Gasteiger partial charge in [0.2, 0.25) is 5.91 Å². The molecule has 1 fully saturated rings. The lowest BCUT2D eigenvalue weighted by Crippen LogP contribution is -2.19. The van der Waals surface area contributed by atoms with Crippen molar-refractivity contribution in [2.45, 2.75) is 22.8 Å². The number of anilines is 1. The van der Waals surface area contributed by atoms with Gasteiger partial charge in [0, 0.05) is 33.6 Å². The summed E-state index contributed by atoms with van der Waals surface area (Å²) >= 11 is 31.2. The first-order chi connectivity index (χ1) is 17.7. The normalized spacial score (nSPS) is 18.1. The summed E-state index contributed by atoms with van der Waals surface area (Å²) in [7, 11) is 0. The van der Waals surface area contributed by atoms with Crippen molar-refractivity contribution in [1.82, 2.24) is 0 Å². The van der Waals surface area contributed by atoms with Crippen molar-refractivity contribution in [2.24, 2.45) is 5.92 Å². The molecule has 0 heterocycles. The zero-order valence-corrected chi connectivity index (χ0v) is 22.9. The molecule has 1 amide bonds. The van der Waals surface area contributed by atoms with Gasteiger partial charge in [0.15, 0.2) is 12.4 Å². The molecule has 1 aliphatic carbocycles. The van der Waals surface area contributed by atoms with Gasteiger partial charge >= 0.3 is 6.18 Å². The Hall–Kier alpha value is -2.16. The number of amides is 1. The van der Waals surface area contributed by atoms with Gasteiger partial charge in [0.05, 0.1) is 10.9 Å². The van der Waals surface area contributed by atoms with E-state index in [1.807, 2.05) is 0 Å². The Kier molecular flexibility index (Phi) is 8.46. The average molecular weight is 626 g/mol. The predicted molar refractivity (Wildman–Crippen MR) is 143 cm³/mol. The second-order valence-electron chi connectivity index (χ2n) is 8.66. The number of hydrogen-bond donors (Lipinski definition) is 1. The van der Waals surface area contributed by atoms with Crippen LogP contribution in [0.2, 0.25) is 15.1 Å². The van der Waals surface area contributed by atoms with Crippen molar-refractivity contribution in [3.8, 4) is 5.75 Å². The number of carbonyl (C=O) groups excluding carboxylic acids is 2. The molecule has 1 aliphatic rings. The first-order valence-electron chi connectivity index (χ1n) is 11.0. The first kappa shape index (κ1) is 28.8. The standard InChI is InChI=1S/C26H17Cl5F3NO3/c27-15-8-14(9-16(28)10-15)22-23(26(22,30)31)24(37)35-17-3-6-20(29)19(11-17)21(36)7-13-1-4-18(5-2-13)38-12-25(32,33)34/h1-6,8-11,22-23H,7,12H2,(H,35,37). The van der Waals surface area contributed by atoms with E-state index in [-0.39, 0.29) is 28.5 Å². The molecule has 0 aliphatic heterocycles. The van der Waals surface area contributed by atoms with E-state index >= 15 is 0 Å². The molecular weight excluding hydrogens is 609 g/mol. The van der Waals surface area contributed by atoms with Crippen molar-refractivity contribution in [3.63, 3.8) is 0 Å². The number of alkyl halides is 5. The van der Waals surface area contributed by atoms with E-state index in [1.54, 1.807) is 18.2 Å². The molecule has 4 nitrogen and oxygen atoms in total. The fourth-order valence-corrected chi connectivity index (χ4v) is 5.60. The summed E-state index contributed by atoms with van der Waals surface area (Å²) in [5, 5.41) is 3.65. The van der Waals surface area contributed by atoms with Gasteiger partial charge in [-0.2, -0.15) is 13.2 Å². The van der Waals surface area contributed by atoms with Gasteiger partial charge in [-0.25, -0.2) is 0 Å². The van der Waals surface area contributed by atoms with Crippen LogP contribution in [0.5, 0.6) is 5.75 Å². The highest BCUT2D eigenvalue weighted by Crippen LogP contribution is 2.65. The zero-order valence-electron chi connectivity index (χ0n) is 19.1. The summed E-state index contributed by atoms with van der Waals surface area (Å²) < 4.78 is 40.2. The maximum atomic E-state index is 13.0. The molecule has 4 rings (SSSR count). The van der Waals surface area contributed by atoms with Gasteiger partial charge in [0.1, 0.15) is 10.1 Å². The molecule has 0 spiro atoms. The Balaban J connectivity index is 1.43. The largest absolute Gasteiger partial charge is 0.484 e. The third-order valence-electron chi connectivity index (χ3n) is 5.80. The Morgan fingerprint density at radius 3 is 2.16 bits per heavy atom. The van der Waals surface area contributed by atoms with Crippen LogP contribution in [0.25, 0.3) is 0 Å².